The van der Waals surface area contributed by atoms with Crippen LogP contribution in [0.1, 0.15) is 0 Å². The van der Waals surface area contributed by atoms with Crippen LogP contribution >= 0.6 is 11.6 Å². The highest BCUT2D eigenvalue weighted by molar-refractivity contribution is 6.33. The van der Waals surface area contributed by atoms with Crippen molar-refractivity contribution in [3.05, 3.63) is 47.7 Å². The molecule has 0 saturated carbocycles. The smallest absolute Gasteiger partial charge is 0.0515 e. The first-order valence-corrected chi connectivity index (χ1v) is 4.60. The van der Waals surface area contributed by atoms with Crippen molar-refractivity contribution in [2.75, 3.05) is 5.73 Å². The van der Waals surface area contributed by atoms with Gasteiger partial charge in [0.15, 0.2) is 0 Å². The summed E-state index contributed by atoms with van der Waals surface area (Å²) in [6.07, 6.45) is 3.40. The molecule has 2 nitrogen and oxygen atoms in total. The fraction of sp³-hybridized carbons (Fsp3) is 0. The predicted molar refractivity (Wildman–Crippen MR) is 59.1 cm³/mol. The van der Waals surface area contributed by atoms with Gasteiger partial charge in [-0.3, -0.25) is 4.98 Å². The SMILES string of the molecule is Nc1cccc(-c2cnccc2Cl)c1. The summed E-state index contributed by atoms with van der Waals surface area (Å²) >= 11 is 6.03. The molecule has 0 atom stereocenters. The van der Waals surface area contributed by atoms with Crippen LogP contribution in [0.15, 0.2) is 42.7 Å². The third kappa shape index (κ3) is 1.70. The van der Waals surface area contributed by atoms with Gasteiger partial charge in [-0.05, 0) is 23.8 Å². The predicted octanol–water partition coefficient (Wildman–Crippen LogP) is 2.98. The minimum absolute atomic E-state index is 0.686. The molecule has 14 heavy (non-hydrogen) atoms. The molecule has 2 aromatic rings. The molecule has 0 spiro atoms. The molecule has 1 heterocycles. The molecule has 0 bridgehead atoms. The van der Waals surface area contributed by atoms with Crippen LogP contribution in [0.2, 0.25) is 5.02 Å². The molecule has 0 fully saturated rings. The number of nitrogens with two attached hydrogens (primary N) is 1. The van der Waals surface area contributed by atoms with Gasteiger partial charge in [0.2, 0.25) is 0 Å². The van der Waals surface area contributed by atoms with Gasteiger partial charge in [-0.15, -0.1) is 0 Å². The summed E-state index contributed by atoms with van der Waals surface area (Å²) in [6.45, 7) is 0. The van der Waals surface area contributed by atoms with Crippen LogP contribution < -0.4 is 5.73 Å². The lowest BCUT2D eigenvalue weighted by atomic mass is 10.1. The summed E-state index contributed by atoms with van der Waals surface area (Å²) in [5, 5.41) is 0.686. The Hall–Kier alpha value is -1.54. The highest BCUT2D eigenvalue weighted by Crippen LogP contribution is 2.27. The molecule has 1 aromatic heterocycles. The average molecular weight is 205 g/mol. The van der Waals surface area contributed by atoms with Crippen molar-refractivity contribution in [1.29, 1.82) is 0 Å². The zero-order valence-corrected chi connectivity index (χ0v) is 8.20. The van der Waals surface area contributed by atoms with Gasteiger partial charge in [-0.2, -0.15) is 0 Å². The molecule has 1 aromatic carbocycles. The quantitative estimate of drug-likeness (QED) is 0.726. The van der Waals surface area contributed by atoms with Crippen molar-refractivity contribution >= 4 is 17.3 Å². The lowest BCUT2D eigenvalue weighted by Gasteiger charge is -2.03. The number of aromatic nitrogens is 1. The van der Waals surface area contributed by atoms with E-state index in [0.717, 1.165) is 16.8 Å². The highest BCUT2D eigenvalue weighted by atomic mass is 35.5. The van der Waals surface area contributed by atoms with Gasteiger partial charge in [-0.1, -0.05) is 23.7 Å². The van der Waals surface area contributed by atoms with E-state index in [1.54, 1.807) is 18.5 Å². The van der Waals surface area contributed by atoms with Crippen LogP contribution in [0.3, 0.4) is 0 Å². The number of benzene rings is 1. The Labute approximate surface area is 87.4 Å². The molecule has 0 aliphatic rings. The van der Waals surface area contributed by atoms with E-state index in [9.17, 15) is 0 Å². The van der Waals surface area contributed by atoms with Crippen molar-refractivity contribution in [2.45, 2.75) is 0 Å². The van der Waals surface area contributed by atoms with Crippen LogP contribution in [0.25, 0.3) is 11.1 Å². The van der Waals surface area contributed by atoms with Crippen molar-refractivity contribution in [1.82, 2.24) is 4.98 Å². The van der Waals surface area contributed by atoms with Gasteiger partial charge in [-0.25, -0.2) is 0 Å². The molecule has 70 valence electrons. The van der Waals surface area contributed by atoms with Gasteiger partial charge in [0.1, 0.15) is 0 Å². The normalized spacial score (nSPS) is 10.1. The number of anilines is 1. The van der Waals surface area contributed by atoms with Crippen LogP contribution in [-0.4, -0.2) is 4.98 Å². The first-order valence-electron chi connectivity index (χ1n) is 4.23. The first-order chi connectivity index (χ1) is 6.77. The second kappa shape index (κ2) is 3.68. The third-order valence-electron chi connectivity index (χ3n) is 1.97. The Morgan fingerprint density at radius 1 is 1.21 bits per heavy atom. The minimum Gasteiger partial charge on any atom is -0.399 e. The number of hydrogen-bond donors (Lipinski definition) is 1. The van der Waals surface area contributed by atoms with E-state index in [0.29, 0.717) is 5.02 Å². The largest absolute Gasteiger partial charge is 0.399 e. The highest BCUT2D eigenvalue weighted by Gasteiger charge is 2.02. The molecule has 0 aliphatic heterocycles. The fourth-order valence-electron chi connectivity index (χ4n) is 1.30. The van der Waals surface area contributed by atoms with Crippen molar-refractivity contribution < 1.29 is 0 Å². The maximum atomic E-state index is 6.03. The first kappa shape index (κ1) is 9.03. The second-order valence-electron chi connectivity index (χ2n) is 2.98. The van der Waals surface area contributed by atoms with E-state index in [4.69, 9.17) is 17.3 Å². The average Bonchev–Trinajstić information content (AvgIpc) is 2.18. The van der Waals surface area contributed by atoms with E-state index >= 15 is 0 Å². The van der Waals surface area contributed by atoms with Gasteiger partial charge >= 0.3 is 0 Å². The molecule has 0 unspecified atom stereocenters. The number of halogens is 1. The van der Waals surface area contributed by atoms with Crippen LogP contribution in [-0.2, 0) is 0 Å². The number of pyridine rings is 1. The maximum Gasteiger partial charge on any atom is 0.0515 e. The second-order valence-corrected chi connectivity index (χ2v) is 3.39. The number of rotatable bonds is 1. The topological polar surface area (TPSA) is 38.9 Å². The molecule has 0 radical (unpaired) electrons. The molecule has 0 saturated heterocycles. The van der Waals surface area contributed by atoms with Crippen molar-refractivity contribution in [3.63, 3.8) is 0 Å². The third-order valence-corrected chi connectivity index (χ3v) is 2.30. The number of nitrogen functional groups attached to an aromatic ring is 1. The Morgan fingerprint density at radius 2 is 2.07 bits per heavy atom. The van der Waals surface area contributed by atoms with E-state index < -0.39 is 0 Å². The summed E-state index contributed by atoms with van der Waals surface area (Å²) in [6, 6.07) is 9.34. The molecule has 2 rings (SSSR count). The van der Waals surface area contributed by atoms with Gasteiger partial charge in [0.25, 0.3) is 0 Å². The summed E-state index contributed by atoms with van der Waals surface area (Å²) in [7, 11) is 0. The summed E-state index contributed by atoms with van der Waals surface area (Å²) in [5.74, 6) is 0. The minimum atomic E-state index is 0.686. The Morgan fingerprint density at radius 3 is 2.79 bits per heavy atom. The number of nitrogens with zero attached hydrogens (tertiary/aromatic N) is 1. The molecule has 2 N–H and O–H groups in total. The van der Waals surface area contributed by atoms with Crippen LogP contribution in [0, 0.1) is 0 Å². The van der Waals surface area contributed by atoms with Crippen molar-refractivity contribution in [2.24, 2.45) is 0 Å². The zero-order valence-electron chi connectivity index (χ0n) is 7.44. The Bertz CT molecular complexity index is 455. The molecule has 0 aliphatic carbocycles. The van der Waals surface area contributed by atoms with E-state index in [1.807, 2.05) is 24.3 Å². The van der Waals surface area contributed by atoms with E-state index in [2.05, 4.69) is 4.98 Å². The Balaban J connectivity index is 2.55. The molecule has 0 amide bonds. The van der Waals surface area contributed by atoms with Crippen LogP contribution in [0.4, 0.5) is 5.69 Å². The summed E-state index contributed by atoms with van der Waals surface area (Å²) in [5.41, 5.74) is 8.30. The van der Waals surface area contributed by atoms with E-state index in [-0.39, 0.29) is 0 Å². The number of hydrogen-bond acceptors (Lipinski definition) is 2. The van der Waals surface area contributed by atoms with Gasteiger partial charge < -0.3 is 5.73 Å². The van der Waals surface area contributed by atoms with Gasteiger partial charge in [0.05, 0.1) is 5.02 Å². The molecular formula is C11H9ClN2. The van der Waals surface area contributed by atoms with Crippen molar-refractivity contribution in [3.8, 4) is 11.1 Å². The van der Waals surface area contributed by atoms with Crippen LogP contribution in [0.5, 0.6) is 0 Å². The molecule has 3 heteroatoms. The van der Waals surface area contributed by atoms with E-state index in [1.165, 1.54) is 0 Å². The standard InChI is InChI=1S/C11H9ClN2/c12-11-4-5-14-7-10(11)8-2-1-3-9(13)6-8/h1-7H,13H2. The maximum absolute atomic E-state index is 6.03. The molecular weight excluding hydrogens is 196 g/mol. The zero-order chi connectivity index (χ0) is 9.97. The fourth-order valence-corrected chi connectivity index (χ4v) is 1.51. The lowest BCUT2D eigenvalue weighted by molar-refractivity contribution is 1.33. The summed E-state index contributed by atoms with van der Waals surface area (Å²) < 4.78 is 0. The van der Waals surface area contributed by atoms with Gasteiger partial charge in [0, 0.05) is 23.6 Å². The lowest BCUT2D eigenvalue weighted by Crippen LogP contribution is -1.86. The Kier molecular flexibility index (Phi) is 2.37. The monoisotopic (exact) mass is 204 g/mol. The summed E-state index contributed by atoms with van der Waals surface area (Å²) in [4.78, 5) is 4.03.